The van der Waals surface area contributed by atoms with E-state index in [9.17, 15) is 4.79 Å². The molecule has 1 amide bonds. The van der Waals surface area contributed by atoms with Crippen LogP contribution >= 0.6 is 0 Å². The normalized spacial score (nSPS) is 12.4. The zero-order valence-corrected chi connectivity index (χ0v) is 13.4. The van der Waals surface area contributed by atoms with Crippen LogP contribution in [0.1, 0.15) is 50.6 Å². The van der Waals surface area contributed by atoms with Crippen molar-refractivity contribution in [2.45, 2.75) is 66.6 Å². The Morgan fingerprint density at radius 2 is 2.05 bits per heavy atom. The fourth-order valence-corrected chi connectivity index (χ4v) is 2.36. The summed E-state index contributed by atoms with van der Waals surface area (Å²) in [6.07, 6.45) is 2.09. The first-order valence-electron chi connectivity index (χ1n) is 7.52. The van der Waals surface area contributed by atoms with Crippen molar-refractivity contribution in [2.24, 2.45) is 0 Å². The van der Waals surface area contributed by atoms with E-state index in [-0.39, 0.29) is 11.9 Å². The summed E-state index contributed by atoms with van der Waals surface area (Å²) in [5.41, 5.74) is 3.26. The topological polar surface area (TPSA) is 59.0 Å². The molecule has 0 bridgehead atoms. The third kappa shape index (κ3) is 4.63. The lowest BCUT2D eigenvalue weighted by Crippen LogP contribution is -2.35. The third-order valence-electron chi connectivity index (χ3n) is 3.51. The third-order valence-corrected chi connectivity index (χ3v) is 3.51. The van der Waals surface area contributed by atoms with Gasteiger partial charge in [-0.1, -0.05) is 20.3 Å². The second kappa shape index (κ2) is 8.04. The molecular formula is C15H28N4O. The van der Waals surface area contributed by atoms with Crippen molar-refractivity contribution < 1.29 is 4.79 Å². The number of nitrogens with zero attached hydrogens (tertiary/aromatic N) is 2. The summed E-state index contributed by atoms with van der Waals surface area (Å²) >= 11 is 0. The van der Waals surface area contributed by atoms with Gasteiger partial charge >= 0.3 is 0 Å². The molecule has 0 saturated heterocycles. The van der Waals surface area contributed by atoms with Crippen molar-refractivity contribution in [3.05, 3.63) is 17.0 Å². The summed E-state index contributed by atoms with van der Waals surface area (Å²) in [6.45, 7) is 12.3. The Morgan fingerprint density at radius 3 is 2.65 bits per heavy atom. The molecule has 0 fully saturated rings. The average Bonchev–Trinajstić information content (AvgIpc) is 2.62. The maximum atomic E-state index is 12.0. The van der Waals surface area contributed by atoms with Crippen LogP contribution in [0.4, 0.5) is 0 Å². The summed E-state index contributed by atoms with van der Waals surface area (Å²) in [6, 6.07) is 0.227. The summed E-state index contributed by atoms with van der Waals surface area (Å²) in [4.78, 5) is 12.0. The Hall–Kier alpha value is -1.36. The minimum atomic E-state index is 0.0338. The van der Waals surface area contributed by atoms with E-state index in [1.807, 2.05) is 20.8 Å². The lowest BCUT2D eigenvalue weighted by Gasteiger charge is -2.13. The SMILES string of the molecule is CCCC(C)NC(=O)Cn1nc(C)c(CNCC)c1C. The van der Waals surface area contributed by atoms with E-state index in [2.05, 4.69) is 29.6 Å². The molecule has 0 radical (unpaired) electrons. The first-order valence-corrected chi connectivity index (χ1v) is 7.52. The molecule has 2 N–H and O–H groups in total. The summed E-state index contributed by atoms with van der Waals surface area (Å²) in [5.74, 6) is 0.0338. The summed E-state index contributed by atoms with van der Waals surface area (Å²) in [7, 11) is 0. The lowest BCUT2D eigenvalue weighted by molar-refractivity contribution is -0.122. The van der Waals surface area contributed by atoms with E-state index in [0.29, 0.717) is 6.54 Å². The van der Waals surface area contributed by atoms with Crippen molar-refractivity contribution in [3.63, 3.8) is 0 Å². The van der Waals surface area contributed by atoms with Gasteiger partial charge in [0.15, 0.2) is 0 Å². The Kier molecular flexibility index (Phi) is 6.71. The highest BCUT2D eigenvalue weighted by atomic mass is 16.2. The monoisotopic (exact) mass is 280 g/mol. The van der Waals surface area contributed by atoms with E-state index in [1.54, 1.807) is 4.68 Å². The average molecular weight is 280 g/mol. The van der Waals surface area contributed by atoms with Crippen LogP contribution in [0, 0.1) is 13.8 Å². The zero-order chi connectivity index (χ0) is 15.1. The molecule has 0 saturated carbocycles. The van der Waals surface area contributed by atoms with Gasteiger partial charge < -0.3 is 10.6 Å². The number of nitrogens with one attached hydrogen (secondary N) is 2. The van der Waals surface area contributed by atoms with Crippen LogP contribution in [0.25, 0.3) is 0 Å². The molecule has 5 heteroatoms. The number of carbonyl (C=O) groups is 1. The number of rotatable bonds is 8. The number of hydrogen-bond donors (Lipinski definition) is 2. The van der Waals surface area contributed by atoms with Crippen molar-refractivity contribution in [1.29, 1.82) is 0 Å². The lowest BCUT2D eigenvalue weighted by atomic mass is 10.2. The van der Waals surface area contributed by atoms with Crippen LogP contribution in [-0.4, -0.2) is 28.3 Å². The highest BCUT2D eigenvalue weighted by molar-refractivity contribution is 5.76. The fraction of sp³-hybridized carbons (Fsp3) is 0.733. The molecular weight excluding hydrogens is 252 g/mol. The van der Waals surface area contributed by atoms with Gasteiger partial charge in [-0.05, 0) is 33.7 Å². The van der Waals surface area contributed by atoms with E-state index >= 15 is 0 Å². The Morgan fingerprint density at radius 1 is 1.35 bits per heavy atom. The van der Waals surface area contributed by atoms with Gasteiger partial charge in [0.05, 0.1) is 5.69 Å². The number of carbonyl (C=O) groups excluding carboxylic acids is 1. The Labute approximate surface area is 122 Å². The van der Waals surface area contributed by atoms with Gasteiger partial charge in [-0.2, -0.15) is 5.10 Å². The van der Waals surface area contributed by atoms with Crippen LogP contribution < -0.4 is 10.6 Å². The van der Waals surface area contributed by atoms with Crippen molar-refractivity contribution in [3.8, 4) is 0 Å². The fourth-order valence-electron chi connectivity index (χ4n) is 2.36. The van der Waals surface area contributed by atoms with Gasteiger partial charge in [0.1, 0.15) is 6.54 Å². The molecule has 114 valence electrons. The van der Waals surface area contributed by atoms with Gasteiger partial charge in [0.2, 0.25) is 5.91 Å². The van der Waals surface area contributed by atoms with E-state index < -0.39 is 0 Å². The van der Waals surface area contributed by atoms with Gasteiger partial charge in [0, 0.05) is 23.8 Å². The van der Waals surface area contributed by atoms with Gasteiger partial charge in [-0.25, -0.2) is 0 Å². The number of aromatic nitrogens is 2. The first-order chi connectivity index (χ1) is 9.49. The van der Waals surface area contributed by atoms with E-state index in [0.717, 1.165) is 37.3 Å². The highest BCUT2D eigenvalue weighted by Crippen LogP contribution is 2.12. The molecule has 0 spiro atoms. The van der Waals surface area contributed by atoms with Crippen LogP contribution in [0.15, 0.2) is 0 Å². The van der Waals surface area contributed by atoms with Gasteiger partial charge in [-0.3, -0.25) is 9.48 Å². The molecule has 1 aromatic heterocycles. The maximum Gasteiger partial charge on any atom is 0.241 e. The van der Waals surface area contributed by atoms with Crippen LogP contribution in [0.2, 0.25) is 0 Å². The van der Waals surface area contributed by atoms with Crippen LogP contribution in [0.5, 0.6) is 0 Å². The number of aryl methyl sites for hydroxylation is 1. The Balaban J connectivity index is 2.66. The van der Waals surface area contributed by atoms with Crippen molar-refractivity contribution >= 4 is 5.91 Å². The molecule has 0 aromatic carbocycles. The smallest absolute Gasteiger partial charge is 0.241 e. The predicted octanol–water partition coefficient (Wildman–Crippen LogP) is 1.91. The molecule has 0 aliphatic rings. The molecule has 1 rings (SSSR count). The largest absolute Gasteiger partial charge is 0.352 e. The molecule has 1 heterocycles. The Bertz CT molecular complexity index is 439. The van der Waals surface area contributed by atoms with Crippen molar-refractivity contribution in [2.75, 3.05) is 6.54 Å². The molecule has 1 aromatic rings. The first kappa shape index (κ1) is 16.7. The minimum absolute atomic E-state index is 0.0338. The standard InChI is InChI=1S/C15H28N4O/c1-6-8-11(3)17-15(20)10-19-13(5)14(9-16-7-2)12(4)18-19/h11,16H,6-10H2,1-5H3,(H,17,20). The predicted molar refractivity (Wildman–Crippen MR) is 81.6 cm³/mol. The molecule has 20 heavy (non-hydrogen) atoms. The van der Waals surface area contributed by atoms with E-state index in [1.165, 1.54) is 5.56 Å². The van der Waals surface area contributed by atoms with Gasteiger partial charge in [-0.15, -0.1) is 0 Å². The quantitative estimate of drug-likeness (QED) is 0.765. The molecule has 0 aliphatic heterocycles. The van der Waals surface area contributed by atoms with Crippen molar-refractivity contribution in [1.82, 2.24) is 20.4 Å². The number of hydrogen-bond acceptors (Lipinski definition) is 3. The molecule has 5 nitrogen and oxygen atoms in total. The van der Waals surface area contributed by atoms with Crippen LogP contribution in [-0.2, 0) is 17.9 Å². The van der Waals surface area contributed by atoms with Gasteiger partial charge in [0.25, 0.3) is 0 Å². The second-order valence-electron chi connectivity index (χ2n) is 5.34. The molecule has 0 aliphatic carbocycles. The maximum absolute atomic E-state index is 12.0. The van der Waals surface area contributed by atoms with Crippen LogP contribution in [0.3, 0.4) is 0 Å². The zero-order valence-electron chi connectivity index (χ0n) is 13.4. The summed E-state index contributed by atoms with van der Waals surface area (Å²) < 4.78 is 1.80. The highest BCUT2D eigenvalue weighted by Gasteiger charge is 2.14. The second-order valence-corrected chi connectivity index (χ2v) is 5.34. The number of amides is 1. The summed E-state index contributed by atoms with van der Waals surface area (Å²) in [5, 5.41) is 10.8. The van der Waals surface area contributed by atoms with E-state index in [4.69, 9.17) is 0 Å². The molecule has 1 unspecified atom stereocenters. The molecule has 1 atom stereocenters. The minimum Gasteiger partial charge on any atom is -0.352 e.